The van der Waals surface area contributed by atoms with E-state index in [0.29, 0.717) is 12.1 Å². The molecule has 0 bridgehead atoms. The van der Waals surface area contributed by atoms with Crippen molar-refractivity contribution >= 4 is 0 Å². The third-order valence-electron chi connectivity index (χ3n) is 4.79. The average Bonchev–Trinajstić information content (AvgIpc) is 2.99. The van der Waals surface area contributed by atoms with Crippen LogP contribution >= 0.6 is 0 Å². The van der Waals surface area contributed by atoms with E-state index in [1.54, 1.807) is 11.1 Å². The summed E-state index contributed by atoms with van der Waals surface area (Å²) in [4.78, 5) is 2.63. The van der Waals surface area contributed by atoms with Crippen molar-refractivity contribution in [3.8, 4) is 0 Å². The van der Waals surface area contributed by atoms with Crippen LogP contribution in [0.25, 0.3) is 0 Å². The number of nitrogens with zero attached hydrogens (tertiary/aromatic N) is 1. The normalized spacial score (nSPS) is 25.2. The smallest absolute Gasteiger partial charge is 0.0323 e. The van der Waals surface area contributed by atoms with Crippen molar-refractivity contribution in [3.05, 3.63) is 35.4 Å². The van der Waals surface area contributed by atoms with Gasteiger partial charge in [-0.15, -0.1) is 0 Å². The molecule has 2 unspecified atom stereocenters. The van der Waals surface area contributed by atoms with Gasteiger partial charge in [-0.25, -0.2) is 0 Å². The molecule has 1 heterocycles. The number of benzene rings is 1. The van der Waals surface area contributed by atoms with Gasteiger partial charge in [-0.1, -0.05) is 24.3 Å². The first kappa shape index (κ1) is 13.1. The molecular formula is C17H26N2. The van der Waals surface area contributed by atoms with Crippen LogP contribution in [0.15, 0.2) is 24.3 Å². The second-order valence-corrected chi connectivity index (χ2v) is 6.14. The van der Waals surface area contributed by atoms with Gasteiger partial charge in [0.1, 0.15) is 0 Å². The van der Waals surface area contributed by atoms with Crippen molar-refractivity contribution in [2.75, 3.05) is 19.6 Å². The van der Waals surface area contributed by atoms with E-state index in [2.05, 4.69) is 41.4 Å². The van der Waals surface area contributed by atoms with Gasteiger partial charge in [0.25, 0.3) is 0 Å². The molecule has 1 aliphatic carbocycles. The summed E-state index contributed by atoms with van der Waals surface area (Å²) in [6, 6.07) is 10.2. The molecule has 1 aromatic carbocycles. The highest BCUT2D eigenvalue weighted by molar-refractivity contribution is 5.32. The highest BCUT2D eigenvalue weighted by atomic mass is 15.2. The fourth-order valence-electron chi connectivity index (χ4n) is 3.59. The number of aryl methyl sites for hydroxylation is 1. The van der Waals surface area contributed by atoms with Gasteiger partial charge in [-0.05, 0) is 63.2 Å². The number of rotatable bonds is 4. The maximum absolute atomic E-state index is 3.81. The van der Waals surface area contributed by atoms with Gasteiger partial charge in [-0.2, -0.15) is 0 Å². The Kier molecular flexibility index (Phi) is 4.19. The zero-order valence-electron chi connectivity index (χ0n) is 12.1. The summed E-state index contributed by atoms with van der Waals surface area (Å²) >= 11 is 0. The lowest BCUT2D eigenvalue weighted by Crippen LogP contribution is -2.40. The second-order valence-electron chi connectivity index (χ2n) is 6.14. The topological polar surface area (TPSA) is 15.3 Å². The van der Waals surface area contributed by atoms with Gasteiger partial charge in [0.05, 0.1) is 0 Å². The monoisotopic (exact) mass is 258 g/mol. The molecule has 2 nitrogen and oxygen atoms in total. The number of nitrogens with one attached hydrogen (secondary N) is 1. The van der Waals surface area contributed by atoms with E-state index in [4.69, 9.17) is 0 Å². The highest BCUT2D eigenvalue weighted by Gasteiger charge is 2.22. The van der Waals surface area contributed by atoms with Gasteiger partial charge in [0.2, 0.25) is 0 Å². The van der Waals surface area contributed by atoms with E-state index in [-0.39, 0.29) is 0 Å². The molecule has 1 N–H and O–H groups in total. The minimum atomic E-state index is 0.579. The Morgan fingerprint density at radius 3 is 2.84 bits per heavy atom. The number of hydrogen-bond donors (Lipinski definition) is 1. The third kappa shape index (κ3) is 3.01. The molecule has 2 aliphatic rings. The van der Waals surface area contributed by atoms with E-state index in [0.717, 1.165) is 6.54 Å². The zero-order chi connectivity index (χ0) is 13.1. The summed E-state index contributed by atoms with van der Waals surface area (Å²) in [5.74, 6) is 0. The van der Waals surface area contributed by atoms with Crippen LogP contribution in [0.3, 0.4) is 0 Å². The first-order valence-electron chi connectivity index (χ1n) is 7.90. The SMILES string of the molecule is CC(CNC1CCCc2ccccc21)N1CCCC1. The van der Waals surface area contributed by atoms with Crippen LogP contribution in [0.1, 0.15) is 49.8 Å². The molecule has 0 radical (unpaired) electrons. The van der Waals surface area contributed by atoms with Crippen molar-refractivity contribution < 1.29 is 0 Å². The Bertz CT molecular complexity index is 409. The maximum atomic E-state index is 3.81. The van der Waals surface area contributed by atoms with Crippen molar-refractivity contribution in [2.45, 2.75) is 51.1 Å². The molecule has 3 rings (SSSR count). The summed E-state index contributed by atoms with van der Waals surface area (Å²) in [5.41, 5.74) is 3.10. The summed E-state index contributed by atoms with van der Waals surface area (Å²) in [6.45, 7) is 6.08. The Hall–Kier alpha value is -0.860. The van der Waals surface area contributed by atoms with E-state index in [1.807, 2.05) is 0 Å². The van der Waals surface area contributed by atoms with E-state index in [9.17, 15) is 0 Å². The van der Waals surface area contributed by atoms with Gasteiger partial charge >= 0.3 is 0 Å². The molecule has 0 spiro atoms. The van der Waals surface area contributed by atoms with Crippen LogP contribution < -0.4 is 5.32 Å². The quantitative estimate of drug-likeness (QED) is 0.892. The average molecular weight is 258 g/mol. The minimum absolute atomic E-state index is 0.579. The largest absolute Gasteiger partial charge is 0.308 e. The van der Waals surface area contributed by atoms with E-state index < -0.39 is 0 Å². The van der Waals surface area contributed by atoms with Crippen LogP contribution in [0.4, 0.5) is 0 Å². The summed E-state index contributed by atoms with van der Waals surface area (Å²) in [7, 11) is 0. The van der Waals surface area contributed by atoms with E-state index in [1.165, 1.54) is 45.2 Å². The Balaban J connectivity index is 1.58. The summed E-state index contributed by atoms with van der Waals surface area (Å²) in [6.07, 6.45) is 6.65. The summed E-state index contributed by atoms with van der Waals surface area (Å²) in [5, 5.41) is 3.81. The van der Waals surface area contributed by atoms with Gasteiger partial charge in [-0.3, -0.25) is 4.90 Å². The predicted molar refractivity (Wildman–Crippen MR) is 80.4 cm³/mol. The third-order valence-corrected chi connectivity index (χ3v) is 4.79. The molecule has 1 fully saturated rings. The van der Waals surface area contributed by atoms with Crippen LogP contribution in [0.5, 0.6) is 0 Å². The van der Waals surface area contributed by atoms with Gasteiger partial charge in [0.15, 0.2) is 0 Å². The van der Waals surface area contributed by atoms with Crippen molar-refractivity contribution in [2.24, 2.45) is 0 Å². The molecule has 1 saturated heterocycles. The minimum Gasteiger partial charge on any atom is -0.308 e. The van der Waals surface area contributed by atoms with Gasteiger partial charge in [0, 0.05) is 18.6 Å². The number of fused-ring (bicyclic) bond motifs is 1. The molecule has 1 aromatic rings. The first-order chi connectivity index (χ1) is 9.34. The Morgan fingerprint density at radius 1 is 1.21 bits per heavy atom. The van der Waals surface area contributed by atoms with Crippen LogP contribution in [0.2, 0.25) is 0 Å². The van der Waals surface area contributed by atoms with Crippen molar-refractivity contribution in [3.63, 3.8) is 0 Å². The molecule has 0 amide bonds. The maximum Gasteiger partial charge on any atom is 0.0323 e. The Morgan fingerprint density at radius 2 is 2.00 bits per heavy atom. The molecule has 19 heavy (non-hydrogen) atoms. The lowest BCUT2D eigenvalue weighted by atomic mass is 9.87. The van der Waals surface area contributed by atoms with Crippen LogP contribution in [-0.2, 0) is 6.42 Å². The molecule has 2 heteroatoms. The van der Waals surface area contributed by atoms with Crippen LogP contribution in [-0.4, -0.2) is 30.6 Å². The molecule has 2 atom stereocenters. The molecule has 104 valence electrons. The fourth-order valence-corrected chi connectivity index (χ4v) is 3.59. The molecule has 0 saturated carbocycles. The van der Waals surface area contributed by atoms with Crippen molar-refractivity contribution in [1.82, 2.24) is 10.2 Å². The molecule has 0 aromatic heterocycles. The number of hydrogen-bond acceptors (Lipinski definition) is 2. The van der Waals surface area contributed by atoms with Crippen molar-refractivity contribution in [1.29, 1.82) is 0 Å². The second kappa shape index (κ2) is 6.06. The summed E-state index contributed by atoms with van der Waals surface area (Å²) < 4.78 is 0. The van der Waals surface area contributed by atoms with E-state index >= 15 is 0 Å². The lowest BCUT2D eigenvalue weighted by molar-refractivity contribution is 0.243. The van der Waals surface area contributed by atoms with Crippen LogP contribution in [0, 0.1) is 0 Å². The highest BCUT2D eigenvalue weighted by Crippen LogP contribution is 2.29. The molecule has 1 aliphatic heterocycles. The standard InChI is InChI=1S/C17H26N2/c1-14(19-11-4-5-12-19)13-18-17-10-6-8-15-7-2-3-9-16(15)17/h2-3,7,9,14,17-18H,4-6,8,10-13H2,1H3. The zero-order valence-corrected chi connectivity index (χ0v) is 12.1. The lowest BCUT2D eigenvalue weighted by Gasteiger charge is -2.30. The first-order valence-corrected chi connectivity index (χ1v) is 7.90. The number of likely N-dealkylation sites (tertiary alicyclic amines) is 1. The Labute approximate surface area is 117 Å². The fraction of sp³-hybridized carbons (Fsp3) is 0.647. The molecular weight excluding hydrogens is 232 g/mol. The predicted octanol–water partition coefficient (Wildman–Crippen LogP) is 3.14. The van der Waals surface area contributed by atoms with Gasteiger partial charge < -0.3 is 5.32 Å².